The number of amides is 1. The van der Waals surface area contributed by atoms with E-state index in [0.717, 1.165) is 43.6 Å². The molecule has 24 heavy (non-hydrogen) atoms. The summed E-state index contributed by atoms with van der Waals surface area (Å²) in [7, 11) is 0. The summed E-state index contributed by atoms with van der Waals surface area (Å²) < 4.78 is 0. The van der Waals surface area contributed by atoms with Gasteiger partial charge in [0.1, 0.15) is 0 Å². The van der Waals surface area contributed by atoms with Crippen molar-refractivity contribution in [1.82, 2.24) is 10.2 Å². The van der Waals surface area contributed by atoms with Gasteiger partial charge in [-0.1, -0.05) is 35.3 Å². The van der Waals surface area contributed by atoms with Gasteiger partial charge in [0, 0.05) is 25.2 Å². The fraction of sp³-hybridized carbons (Fsp3) is 0.316. The second-order valence-electron chi connectivity index (χ2n) is 6.42. The highest BCUT2D eigenvalue weighted by Crippen LogP contribution is 2.36. The molecule has 2 aromatic rings. The van der Waals surface area contributed by atoms with Crippen molar-refractivity contribution in [3.8, 4) is 0 Å². The van der Waals surface area contributed by atoms with Gasteiger partial charge in [0.2, 0.25) is 0 Å². The first-order valence-corrected chi connectivity index (χ1v) is 8.97. The average Bonchev–Trinajstić information content (AvgIpc) is 3.24. The molecule has 3 nitrogen and oxygen atoms in total. The molecule has 0 radical (unpaired) electrons. The van der Waals surface area contributed by atoms with Gasteiger partial charge >= 0.3 is 0 Å². The number of fused-ring (bicyclic) bond motifs is 1. The van der Waals surface area contributed by atoms with Crippen LogP contribution in [0.2, 0.25) is 10.0 Å². The molecule has 0 aliphatic carbocycles. The molecule has 1 atom stereocenters. The molecule has 1 fully saturated rings. The first kappa shape index (κ1) is 15.9. The van der Waals surface area contributed by atoms with Crippen molar-refractivity contribution in [1.29, 1.82) is 0 Å². The first-order valence-electron chi connectivity index (χ1n) is 8.22. The van der Waals surface area contributed by atoms with Crippen LogP contribution in [0.5, 0.6) is 0 Å². The Morgan fingerprint density at radius 1 is 1.04 bits per heavy atom. The van der Waals surface area contributed by atoms with Crippen LogP contribution in [0.3, 0.4) is 0 Å². The van der Waals surface area contributed by atoms with Gasteiger partial charge in [-0.3, -0.25) is 4.79 Å². The predicted molar refractivity (Wildman–Crippen MR) is 96.5 cm³/mol. The highest BCUT2D eigenvalue weighted by molar-refractivity contribution is 6.42. The van der Waals surface area contributed by atoms with Crippen molar-refractivity contribution < 1.29 is 4.79 Å². The van der Waals surface area contributed by atoms with Crippen LogP contribution < -0.4 is 5.32 Å². The third-order valence-electron chi connectivity index (χ3n) is 4.93. The fourth-order valence-electron chi connectivity index (χ4n) is 3.67. The number of carbonyl (C=O) groups excluding carboxylic acids is 1. The van der Waals surface area contributed by atoms with Gasteiger partial charge < -0.3 is 10.2 Å². The van der Waals surface area contributed by atoms with Crippen molar-refractivity contribution in [2.75, 3.05) is 6.54 Å². The lowest BCUT2D eigenvalue weighted by atomic mass is 10.0. The zero-order valence-corrected chi connectivity index (χ0v) is 14.7. The second kappa shape index (κ2) is 6.40. The lowest BCUT2D eigenvalue weighted by Crippen LogP contribution is -2.30. The summed E-state index contributed by atoms with van der Waals surface area (Å²) in [6, 6.07) is 11.8. The van der Waals surface area contributed by atoms with E-state index in [-0.39, 0.29) is 11.9 Å². The van der Waals surface area contributed by atoms with E-state index in [1.807, 2.05) is 29.2 Å². The minimum Gasteiger partial charge on any atom is -0.332 e. The molecule has 2 heterocycles. The standard InChI is InChI=1S/C19H18Cl2N2O/c20-16-6-5-12(9-17(16)21)18-2-1-7-23(18)19(24)13-3-4-14-10-22-11-15(14)8-13/h3-6,8-9,18,22H,1-2,7,10-11H2. The number of hydrogen-bond acceptors (Lipinski definition) is 2. The Morgan fingerprint density at radius 2 is 1.88 bits per heavy atom. The number of benzene rings is 2. The van der Waals surface area contributed by atoms with E-state index in [1.165, 1.54) is 11.1 Å². The van der Waals surface area contributed by atoms with Gasteiger partial charge in [-0.15, -0.1) is 0 Å². The van der Waals surface area contributed by atoms with Gasteiger partial charge in [-0.05, 0) is 53.8 Å². The summed E-state index contributed by atoms with van der Waals surface area (Å²) in [6.07, 6.45) is 1.96. The summed E-state index contributed by atoms with van der Waals surface area (Å²) in [6.45, 7) is 2.51. The number of carbonyl (C=O) groups is 1. The van der Waals surface area contributed by atoms with Gasteiger partial charge in [0.05, 0.1) is 16.1 Å². The van der Waals surface area contributed by atoms with Crippen molar-refractivity contribution in [3.63, 3.8) is 0 Å². The molecule has 2 aromatic carbocycles. The summed E-state index contributed by atoms with van der Waals surface area (Å²) >= 11 is 12.2. The summed E-state index contributed by atoms with van der Waals surface area (Å²) in [5.74, 6) is 0.0956. The maximum Gasteiger partial charge on any atom is 0.254 e. The van der Waals surface area contributed by atoms with Crippen molar-refractivity contribution in [2.45, 2.75) is 32.0 Å². The number of likely N-dealkylation sites (tertiary alicyclic amines) is 1. The van der Waals surface area contributed by atoms with Crippen LogP contribution in [0.1, 0.15) is 45.9 Å². The zero-order valence-electron chi connectivity index (χ0n) is 13.2. The SMILES string of the molecule is O=C(c1ccc2c(c1)CNC2)N1CCCC1c1ccc(Cl)c(Cl)c1. The number of nitrogens with one attached hydrogen (secondary N) is 1. The first-order chi connectivity index (χ1) is 11.6. The minimum absolute atomic E-state index is 0.0682. The molecule has 2 aliphatic heterocycles. The van der Waals surface area contributed by atoms with Gasteiger partial charge in [0.15, 0.2) is 0 Å². The van der Waals surface area contributed by atoms with Gasteiger partial charge in [-0.2, -0.15) is 0 Å². The predicted octanol–water partition coefficient (Wildman–Crippen LogP) is 4.57. The van der Waals surface area contributed by atoms with E-state index in [2.05, 4.69) is 11.4 Å². The fourth-order valence-corrected chi connectivity index (χ4v) is 3.98. The molecule has 0 saturated carbocycles. The van der Waals surface area contributed by atoms with Crippen molar-refractivity contribution in [2.24, 2.45) is 0 Å². The van der Waals surface area contributed by atoms with E-state index in [0.29, 0.717) is 10.0 Å². The number of nitrogens with zero attached hydrogens (tertiary/aromatic N) is 1. The second-order valence-corrected chi connectivity index (χ2v) is 7.23. The molecule has 4 rings (SSSR count). The maximum atomic E-state index is 13.0. The molecule has 1 N–H and O–H groups in total. The van der Waals surface area contributed by atoms with Crippen LogP contribution in [-0.2, 0) is 13.1 Å². The van der Waals surface area contributed by atoms with Crippen molar-refractivity contribution in [3.05, 3.63) is 68.7 Å². The highest BCUT2D eigenvalue weighted by atomic mass is 35.5. The summed E-state index contributed by atoms with van der Waals surface area (Å²) in [5, 5.41) is 4.40. The van der Waals surface area contributed by atoms with Crippen LogP contribution in [-0.4, -0.2) is 17.4 Å². The highest BCUT2D eigenvalue weighted by Gasteiger charge is 2.31. The van der Waals surface area contributed by atoms with E-state index in [1.54, 1.807) is 6.07 Å². The molecular formula is C19H18Cl2N2O. The van der Waals surface area contributed by atoms with E-state index in [4.69, 9.17) is 23.2 Å². The molecule has 1 amide bonds. The minimum atomic E-state index is 0.0682. The van der Waals surface area contributed by atoms with Crippen molar-refractivity contribution >= 4 is 29.1 Å². The third kappa shape index (κ3) is 2.81. The largest absolute Gasteiger partial charge is 0.332 e. The van der Waals surface area contributed by atoms with Crippen LogP contribution >= 0.6 is 23.2 Å². The third-order valence-corrected chi connectivity index (χ3v) is 5.67. The van der Waals surface area contributed by atoms with Crippen LogP contribution in [0, 0.1) is 0 Å². The molecular weight excluding hydrogens is 343 g/mol. The number of hydrogen-bond donors (Lipinski definition) is 1. The van der Waals surface area contributed by atoms with Crippen LogP contribution in [0.4, 0.5) is 0 Å². The van der Waals surface area contributed by atoms with E-state index >= 15 is 0 Å². The Labute approximate surface area is 151 Å². The summed E-state index contributed by atoms with van der Waals surface area (Å²) in [5.41, 5.74) is 4.34. The number of halogens is 2. The monoisotopic (exact) mass is 360 g/mol. The molecule has 0 bridgehead atoms. The Balaban J connectivity index is 1.62. The summed E-state index contributed by atoms with van der Waals surface area (Å²) in [4.78, 5) is 15.0. The molecule has 2 aliphatic rings. The Kier molecular flexibility index (Phi) is 4.25. The maximum absolute atomic E-state index is 13.0. The molecule has 1 saturated heterocycles. The number of rotatable bonds is 2. The van der Waals surface area contributed by atoms with Crippen LogP contribution in [0.15, 0.2) is 36.4 Å². The topological polar surface area (TPSA) is 32.3 Å². The smallest absolute Gasteiger partial charge is 0.254 e. The lowest BCUT2D eigenvalue weighted by Gasteiger charge is -2.25. The van der Waals surface area contributed by atoms with Gasteiger partial charge in [0.25, 0.3) is 5.91 Å². The Morgan fingerprint density at radius 3 is 2.71 bits per heavy atom. The Bertz CT molecular complexity index is 806. The molecule has 5 heteroatoms. The Hall–Kier alpha value is -1.55. The normalized spacial score (nSPS) is 19.6. The zero-order chi connectivity index (χ0) is 16.7. The lowest BCUT2D eigenvalue weighted by molar-refractivity contribution is 0.0735. The van der Waals surface area contributed by atoms with E-state index in [9.17, 15) is 4.79 Å². The molecule has 124 valence electrons. The van der Waals surface area contributed by atoms with Crippen LogP contribution in [0.25, 0.3) is 0 Å². The molecule has 0 aromatic heterocycles. The van der Waals surface area contributed by atoms with Gasteiger partial charge in [-0.25, -0.2) is 0 Å². The molecule has 1 unspecified atom stereocenters. The molecule has 0 spiro atoms. The van der Waals surface area contributed by atoms with E-state index < -0.39 is 0 Å². The quantitative estimate of drug-likeness (QED) is 0.850. The average molecular weight is 361 g/mol.